The molecule has 13 heavy (non-hydrogen) atoms. The van der Waals surface area contributed by atoms with Gasteiger partial charge in [-0.15, -0.1) is 11.6 Å². The molecule has 67 valence electrons. The van der Waals surface area contributed by atoms with E-state index in [4.69, 9.17) is 11.6 Å². The largest absolute Gasteiger partial charge is 0.346 e. The number of nitrogens with one attached hydrogen (secondary N) is 1. The SMILES string of the molecule is O=C1[N]c2cc(CCCl)ccc2N1. The molecule has 0 saturated heterocycles. The Labute approximate surface area is 81.1 Å². The summed E-state index contributed by atoms with van der Waals surface area (Å²) in [5.41, 5.74) is 2.60. The van der Waals surface area contributed by atoms with E-state index in [-0.39, 0.29) is 6.03 Å². The summed E-state index contributed by atoms with van der Waals surface area (Å²) in [4.78, 5) is 10.9. The van der Waals surface area contributed by atoms with Gasteiger partial charge in [-0.2, -0.15) is 5.32 Å². The number of benzene rings is 1. The molecular formula is C9H8ClN2O. The first-order chi connectivity index (χ1) is 6.29. The molecule has 1 aromatic rings. The summed E-state index contributed by atoms with van der Waals surface area (Å²) in [6.07, 6.45) is 0.804. The van der Waals surface area contributed by atoms with E-state index in [1.165, 1.54) is 0 Å². The van der Waals surface area contributed by atoms with Crippen LogP contribution in [-0.2, 0) is 6.42 Å². The molecule has 2 amide bonds. The molecule has 1 radical (unpaired) electrons. The maximum atomic E-state index is 10.9. The molecule has 1 heterocycles. The number of rotatable bonds is 2. The highest BCUT2D eigenvalue weighted by atomic mass is 35.5. The Hall–Kier alpha value is -1.22. The summed E-state index contributed by atoms with van der Waals surface area (Å²) in [5, 5.41) is 6.43. The molecule has 3 nitrogen and oxygen atoms in total. The number of carbonyl (C=O) groups is 1. The Bertz CT molecular complexity index is 351. The van der Waals surface area contributed by atoms with Gasteiger partial charge in [-0.3, -0.25) is 0 Å². The predicted octanol–water partition coefficient (Wildman–Crippen LogP) is 2.25. The topological polar surface area (TPSA) is 43.2 Å². The fourth-order valence-electron chi connectivity index (χ4n) is 1.29. The number of nitrogens with zero attached hydrogens (tertiary/aromatic N) is 1. The first kappa shape index (κ1) is 8.38. The molecule has 0 saturated carbocycles. The summed E-state index contributed by atoms with van der Waals surface area (Å²) in [6.45, 7) is 0. The van der Waals surface area contributed by atoms with Crippen LogP contribution in [0.5, 0.6) is 0 Å². The zero-order valence-electron chi connectivity index (χ0n) is 6.88. The van der Waals surface area contributed by atoms with Crippen molar-refractivity contribution in [3.05, 3.63) is 23.8 Å². The monoisotopic (exact) mass is 195 g/mol. The molecule has 2 rings (SSSR count). The lowest BCUT2D eigenvalue weighted by molar-refractivity contribution is 0.256. The van der Waals surface area contributed by atoms with Crippen molar-refractivity contribution in [3.8, 4) is 0 Å². The Morgan fingerprint density at radius 3 is 3.08 bits per heavy atom. The van der Waals surface area contributed by atoms with Crippen molar-refractivity contribution >= 4 is 29.0 Å². The third-order valence-corrected chi connectivity index (χ3v) is 2.10. The number of anilines is 1. The zero-order chi connectivity index (χ0) is 9.26. The molecule has 0 aromatic heterocycles. The van der Waals surface area contributed by atoms with E-state index in [1.54, 1.807) is 0 Å². The molecule has 0 unspecified atom stereocenters. The van der Waals surface area contributed by atoms with Crippen LogP contribution in [0.2, 0.25) is 0 Å². The predicted molar refractivity (Wildman–Crippen MR) is 51.7 cm³/mol. The van der Waals surface area contributed by atoms with Crippen LogP contribution in [0.15, 0.2) is 18.2 Å². The highest BCUT2D eigenvalue weighted by molar-refractivity contribution is 6.18. The second-order valence-corrected chi connectivity index (χ2v) is 3.21. The smallest absolute Gasteiger partial charge is 0.304 e. The van der Waals surface area contributed by atoms with Gasteiger partial charge in [0, 0.05) is 5.88 Å². The second kappa shape index (κ2) is 3.26. The van der Waals surface area contributed by atoms with E-state index >= 15 is 0 Å². The van der Waals surface area contributed by atoms with Crippen LogP contribution in [0.25, 0.3) is 0 Å². The highest BCUT2D eigenvalue weighted by Crippen LogP contribution is 2.28. The number of carbonyl (C=O) groups excluding carboxylic acids is 1. The van der Waals surface area contributed by atoms with E-state index in [1.807, 2.05) is 18.2 Å². The number of halogens is 1. The maximum absolute atomic E-state index is 10.9. The molecule has 1 aliphatic heterocycles. The molecule has 4 heteroatoms. The molecule has 1 aliphatic rings. The molecule has 0 aliphatic carbocycles. The number of hydrogen-bond acceptors (Lipinski definition) is 1. The molecular weight excluding hydrogens is 188 g/mol. The van der Waals surface area contributed by atoms with Gasteiger partial charge in [-0.05, 0) is 24.1 Å². The third-order valence-electron chi connectivity index (χ3n) is 1.91. The number of aryl methyl sites for hydroxylation is 1. The van der Waals surface area contributed by atoms with Gasteiger partial charge in [0.2, 0.25) is 0 Å². The van der Waals surface area contributed by atoms with E-state index in [9.17, 15) is 4.79 Å². The quantitative estimate of drug-likeness (QED) is 0.723. The highest BCUT2D eigenvalue weighted by Gasteiger charge is 2.18. The van der Waals surface area contributed by atoms with Crippen LogP contribution < -0.4 is 10.6 Å². The molecule has 1 aromatic carbocycles. The van der Waals surface area contributed by atoms with Crippen molar-refractivity contribution in [2.45, 2.75) is 6.42 Å². The average molecular weight is 196 g/mol. The summed E-state index contributed by atoms with van der Waals surface area (Å²) in [6, 6.07) is 5.39. The van der Waals surface area contributed by atoms with Gasteiger partial charge in [0.05, 0.1) is 11.4 Å². The average Bonchev–Trinajstić information content (AvgIpc) is 2.44. The van der Waals surface area contributed by atoms with E-state index in [2.05, 4.69) is 10.6 Å². The van der Waals surface area contributed by atoms with Crippen molar-refractivity contribution in [3.63, 3.8) is 0 Å². The van der Waals surface area contributed by atoms with E-state index in [0.717, 1.165) is 17.7 Å². The van der Waals surface area contributed by atoms with Crippen LogP contribution in [0, 0.1) is 0 Å². The molecule has 0 fully saturated rings. The van der Waals surface area contributed by atoms with Gasteiger partial charge in [0.15, 0.2) is 0 Å². The minimum Gasteiger partial charge on any atom is -0.304 e. The Morgan fingerprint density at radius 1 is 1.46 bits per heavy atom. The maximum Gasteiger partial charge on any atom is 0.346 e. The van der Waals surface area contributed by atoms with Crippen LogP contribution in [0.4, 0.5) is 16.2 Å². The van der Waals surface area contributed by atoms with Crippen molar-refractivity contribution < 1.29 is 4.79 Å². The van der Waals surface area contributed by atoms with Crippen LogP contribution >= 0.6 is 11.6 Å². The van der Waals surface area contributed by atoms with Gasteiger partial charge < -0.3 is 5.32 Å². The second-order valence-electron chi connectivity index (χ2n) is 2.83. The first-order valence-corrected chi connectivity index (χ1v) is 4.54. The Morgan fingerprint density at radius 2 is 2.31 bits per heavy atom. The van der Waals surface area contributed by atoms with Gasteiger partial charge in [0.25, 0.3) is 0 Å². The molecule has 0 spiro atoms. The summed E-state index contributed by atoms with van der Waals surface area (Å²) in [5.74, 6) is 0.583. The fraction of sp³-hybridized carbons (Fsp3) is 0.222. The third kappa shape index (κ3) is 1.60. The Balaban J connectivity index is 2.29. The van der Waals surface area contributed by atoms with Crippen LogP contribution in [0.1, 0.15) is 5.56 Å². The molecule has 1 N–H and O–H groups in total. The number of urea groups is 1. The van der Waals surface area contributed by atoms with Crippen LogP contribution in [-0.4, -0.2) is 11.9 Å². The van der Waals surface area contributed by atoms with Crippen molar-refractivity contribution in [2.24, 2.45) is 0 Å². The van der Waals surface area contributed by atoms with Gasteiger partial charge >= 0.3 is 6.03 Å². The Kier molecular flexibility index (Phi) is 2.10. The van der Waals surface area contributed by atoms with E-state index < -0.39 is 0 Å². The lowest BCUT2D eigenvalue weighted by Gasteiger charge is -1.99. The standard InChI is InChI=1S/C9H8ClN2O/c10-4-3-6-1-2-7-8(5-6)12-9(13)11-7/h1-2,5H,3-4H2,(H,11,13). The minimum atomic E-state index is -0.293. The van der Waals surface area contributed by atoms with E-state index in [0.29, 0.717) is 11.6 Å². The zero-order valence-corrected chi connectivity index (χ0v) is 7.64. The fourth-order valence-corrected chi connectivity index (χ4v) is 1.51. The van der Waals surface area contributed by atoms with Gasteiger partial charge in [0.1, 0.15) is 0 Å². The van der Waals surface area contributed by atoms with Crippen LogP contribution in [0.3, 0.4) is 0 Å². The normalized spacial score (nSPS) is 13.5. The lowest BCUT2D eigenvalue weighted by Crippen LogP contribution is -2.08. The number of fused-ring (bicyclic) bond motifs is 1. The number of hydrogen-bond donors (Lipinski definition) is 1. The summed E-state index contributed by atoms with van der Waals surface area (Å²) < 4.78 is 0. The molecule has 0 bridgehead atoms. The summed E-state index contributed by atoms with van der Waals surface area (Å²) >= 11 is 5.60. The van der Waals surface area contributed by atoms with Gasteiger partial charge in [-0.1, -0.05) is 6.07 Å². The summed E-state index contributed by atoms with van der Waals surface area (Å²) in [7, 11) is 0. The number of amides is 2. The van der Waals surface area contributed by atoms with Crippen molar-refractivity contribution in [1.82, 2.24) is 5.32 Å². The van der Waals surface area contributed by atoms with Crippen molar-refractivity contribution in [1.29, 1.82) is 0 Å². The number of alkyl halides is 1. The minimum absolute atomic E-state index is 0.293. The lowest BCUT2D eigenvalue weighted by atomic mass is 10.1. The first-order valence-electron chi connectivity index (χ1n) is 4.01. The molecule has 0 atom stereocenters. The van der Waals surface area contributed by atoms with Gasteiger partial charge in [-0.25, -0.2) is 4.79 Å². The van der Waals surface area contributed by atoms with Crippen molar-refractivity contribution in [2.75, 3.05) is 11.2 Å².